The van der Waals surface area contributed by atoms with Crippen molar-refractivity contribution in [3.63, 3.8) is 0 Å². The fourth-order valence-corrected chi connectivity index (χ4v) is 1.26. The van der Waals surface area contributed by atoms with E-state index in [4.69, 9.17) is 10.1 Å². The highest BCUT2D eigenvalue weighted by molar-refractivity contribution is 5.92. The summed E-state index contributed by atoms with van der Waals surface area (Å²) in [6.07, 6.45) is 1.41. The SMILES string of the molecule is N=C(c1ncn[nH]1)N1CCOCC1. The molecular weight excluding hydrogens is 170 g/mol. The van der Waals surface area contributed by atoms with Crippen LogP contribution in [0.15, 0.2) is 6.33 Å². The van der Waals surface area contributed by atoms with Gasteiger partial charge in [-0.1, -0.05) is 0 Å². The maximum Gasteiger partial charge on any atom is 0.190 e. The summed E-state index contributed by atoms with van der Waals surface area (Å²) in [6.45, 7) is 2.85. The number of nitrogens with zero attached hydrogens (tertiary/aromatic N) is 3. The largest absolute Gasteiger partial charge is 0.378 e. The van der Waals surface area contributed by atoms with Gasteiger partial charge in [-0.25, -0.2) is 4.98 Å². The van der Waals surface area contributed by atoms with Crippen molar-refractivity contribution in [2.45, 2.75) is 0 Å². The molecule has 0 saturated carbocycles. The van der Waals surface area contributed by atoms with Crippen molar-refractivity contribution in [3.8, 4) is 0 Å². The highest BCUT2D eigenvalue weighted by Gasteiger charge is 2.16. The molecule has 0 atom stereocenters. The summed E-state index contributed by atoms with van der Waals surface area (Å²) in [4.78, 5) is 5.84. The van der Waals surface area contributed by atoms with Gasteiger partial charge in [-0.15, -0.1) is 0 Å². The van der Waals surface area contributed by atoms with Crippen molar-refractivity contribution >= 4 is 5.84 Å². The van der Waals surface area contributed by atoms with Crippen molar-refractivity contribution in [2.75, 3.05) is 26.3 Å². The number of ether oxygens (including phenoxy) is 1. The number of morpholine rings is 1. The first-order valence-corrected chi connectivity index (χ1v) is 4.15. The van der Waals surface area contributed by atoms with Gasteiger partial charge in [0.2, 0.25) is 0 Å². The Hall–Kier alpha value is -1.43. The van der Waals surface area contributed by atoms with Crippen molar-refractivity contribution in [1.82, 2.24) is 20.1 Å². The standard InChI is InChI=1S/C7H11N5O/c8-6(7-9-5-10-11-7)12-1-3-13-4-2-12/h5,8H,1-4H2,(H,9,10,11). The molecule has 2 heterocycles. The minimum absolute atomic E-state index is 0.390. The molecule has 6 heteroatoms. The zero-order chi connectivity index (χ0) is 9.10. The Labute approximate surface area is 75.4 Å². The fraction of sp³-hybridized carbons (Fsp3) is 0.571. The third-order valence-electron chi connectivity index (χ3n) is 1.97. The van der Waals surface area contributed by atoms with Crippen LogP contribution in [0, 0.1) is 5.41 Å². The lowest BCUT2D eigenvalue weighted by molar-refractivity contribution is 0.0678. The van der Waals surface area contributed by atoms with E-state index < -0.39 is 0 Å². The summed E-state index contributed by atoms with van der Waals surface area (Å²) < 4.78 is 5.18. The normalized spacial score (nSPS) is 17.4. The molecule has 6 nitrogen and oxygen atoms in total. The number of amidine groups is 1. The lowest BCUT2D eigenvalue weighted by Gasteiger charge is -2.27. The first-order chi connectivity index (χ1) is 6.38. The molecule has 0 spiro atoms. The van der Waals surface area contributed by atoms with Gasteiger partial charge in [-0.3, -0.25) is 10.5 Å². The van der Waals surface area contributed by atoms with Gasteiger partial charge in [0.25, 0.3) is 0 Å². The predicted molar refractivity (Wildman–Crippen MR) is 45.6 cm³/mol. The van der Waals surface area contributed by atoms with Crippen LogP contribution in [-0.4, -0.2) is 52.2 Å². The molecule has 1 aliphatic rings. The molecule has 0 unspecified atom stereocenters. The van der Waals surface area contributed by atoms with Gasteiger partial charge in [0.1, 0.15) is 6.33 Å². The molecule has 1 aromatic heterocycles. The third-order valence-corrected chi connectivity index (χ3v) is 1.97. The summed E-state index contributed by atoms with van der Waals surface area (Å²) in [5, 5.41) is 14.1. The molecule has 1 fully saturated rings. The smallest absolute Gasteiger partial charge is 0.190 e. The highest BCUT2D eigenvalue weighted by Crippen LogP contribution is 2.01. The van der Waals surface area contributed by atoms with Crippen molar-refractivity contribution in [2.24, 2.45) is 0 Å². The molecule has 70 valence electrons. The first-order valence-electron chi connectivity index (χ1n) is 4.15. The first kappa shape index (κ1) is 8.18. The van der Waals surface area contributed by atoms with Crippen LogP contribution >= 0.6 is 0 Å². The highest BCUT2D eigenvalue weighted by atomic mass is 16.5. The molecule has 1 aliphatic heterocycles. The van der Waals surface area contributed by atoms with Gasteiger partial charge in [0.05, 0.1) is 13.2 Å². The lowest BCUT2D eigenvalue weighted by Crippen LogP contribution is -2.41. The third kappa shape index (κ3) is 1.67. The van der Waals surface area contributed by atoms with Gasteiger partial charge in [-0.05, 0) is 0 Å². The van der Waals surface area contributed by atoms with E-state index in [2.05, 4.69) is 15.2 Å². The molecule has 0 aromatic carbocycles. The van der Waals surface area contributed by atoms with Crippen LogP contribution in [0.4, 0.5) is 0 Å². The minimum Gasteiger partial charge on any atom is -0.378 e. The summed E-state index contributed by atoms with van der Waals surface area (Å²) in [7, 11) is 0. The second-order valence-electron chi connectivity index (χ2n) is 2.78. The maximum absolute atomic E-state index is 7.78. The fourth-order valence-electron chi connectivity index (χ4n) is 1.26. The molecule has 2 N–H and O–H groups in total. The van der Waals surface area contributed by atoms with Gasteiger partial charge in [-0.2, -0.15) is 5.10 Å². The average molecular weight is 181 g/mol. The molecule has 0 amide bonds. The van der Waals surface area contributed by atoms with E-state index in [0.717, 1.165) is 13.1 Å². The van der Waals surface area contributed by atoms with Gasteiger partial charge >= 0.3 is 0 Å². The summed E-state index contributed by atoms with van der Waals surface area (Å²) in [5.74, 6) is 0.905. The van der Waals surface area contributed by atoms with Crippen LogP contribution in [0.5, 0.6) is 0 Å². The Morgan fingerprint density at radius 2 is 2.31 bits per heavy atom. The molecule has 0 radical (unpaired) electrons. The van der Waals surface area contributed by atoms with E-state index in [-0.39, 0.29) is 0 Å². The number of aromatic amines is 1. The summed E-state index contributed by atoms with van der Waals surface area (Å²) in [6, 6.07) is 0. The Morgan fingerprint density at radius 3 is 2.92 bits per heavy atom. The van der Waals surface area contributed by atoms with Crippen LogP contribution in [0.1, 0.15) is 5.82 Å². The van der Waals surface area contributed by atoms with Crippen LogP contribution in [-0.2, 0) is 4.74 Å². The number of aromatic nitrogens is 3. The van der Waals surface area contributed by atoms with Crippen LogP contribution in [0.3, 0.4) is 0 Å². The second-order valence-corrected chi connectivity index (χ2v) is 2.78. The van der Waals surface area contributed by atoms with Gasteiger partial charge < -0.3 is 9.64 Å². The van der Waals surface area contributed by atoms with Gasteiger partial charge in [0, 0.05) is 13.1 Å². The Balaban J connectivity index is 2.04. The Bertz CT molecular complexity index is 277. The molecule has 1 saturated heterocycles. The van der Waals surface area contributed by atoms with E-state index in [1.807, 2.05) is 4.90 Å². The van der Waals surface area contributed by atoms with Crippen LogP contribution in [0.2, 0.25) is 0 Å². The van der Waals surface area contributed by atoms with E-state index in [1.54, 1.807) is 0 Å². The van der Waals surface area contributed by atoms with E-state index in [9.17, 15) is 0 Å². The van der Waals surface area contributed by atoms with E-state index in [1.165, 1.54) is 6.33 Å². The zero-order valence-corrected chi connectivity index (χ0v) is 7.16. The summed E-state index contributed by atoms with van der Waals surface area (Å²) >= 11 is 0. The quantitative estimate of drug-likeness (QED) is 0.450. The Kier molecular flexibility index (Phi) is 2.22. The van der Waals surface area contributed by atoms with Crippen LogP contribution < -0.4 is 0 Å². The van der Waals surface area contributed by atoms with Crippen molar-refractivity contribution in [1.29, 1.82) is 5.41 Å². The number of nitrogens with one attached hydrogen (secondary N) is 2. The van der Waals surface area contributed by atoms with E-state index in [0.29, 0.717) is 24.9 Å². The molecule has 0 aliphatic carbocycles. The Morgan fingerprint density at radius 1 is 1.54 bits per heavy atom. The number of hydrogen-bond donors (Lipinski definition) is 2. The zero-order valence-electron chi connectivity index (χ0n) is 7.16. The number of hydrogen-bond acceptors (Lipinski definition) is 4. The van der Waals surface area contributed by atoms with Crippen molar-refractivity contribution < 1.29 is 4.74 Å². The van der Waals surface area contributed by atoms with Gasteiger partial charge in [0.15, 0.2) is 11.7 Å². The molecule has 1 aromatic rings. The topological polar surface area (TPSA) is 77.9 Å². The van der Waals surface area contributed by atoms with E-state index >= 15 is 0 Å². The van der Waals surface area contributed by atoms with Crippen LogP contribution in [0.25, 0.3) is 0 Å². The number of H-pyrrole nitrogens is 1. The predicted octanol–water partition coefficient (Wildman–Crippen LogP) is -0.538. The molecular formula is C7H11N5O. The van der Waals surface area contributed by atoms with Crippen molar-refractivity contribution in [3.05, 3.63) is 12.2 Å². The lowest BCUT2D eigenvalue weighted by atomic mass is 10.4. The number of rotatable bonds is 1. The maximum atomic E-state index is 7.78. The monoisotopic (exact) mass is 181 g/mol. The average Bonchev–Trinajstić information content (AvgIpc) is 2.71. The summed E-state index contributed by atoms with van der Waals surface area (Å²) in [5.41, 5.74) is 0. The minimum atomic E-state index is 0.390. The second kappa shape index (κ2) is 3.53. The molecule has 2 rings (SSSR count). The molecule has 0 bridgehead atoms. The molecule has 13 heavy (non-hydrogen) atoms.